The summed E-state index contributed by atoms with van der Waals surface area (Å²) in [6.07, 6.45) is 6.27. The number of hydrogen-bond donors (Lipinski definition) is 0. The van der Waals surface area contributed by atoms with Crippen LogP contribution < -0.4 is 0 Å². The first-order valence-corrected chi connectivity index (χ1v) is 10.2. The molecule has 0 saturated carbocycles. The van der Waals surface area contributed by atoms with Crippen LogP contribution >= 0.6 is 0 Å². The SMILES string of the molecule is c1ccc(-n2c3ccccc3c3c4ccccc4n(CCc4cncnc4)c32)cc1. The Balaban J connectivity index is 1.69. The van der Waals surface area contributed by atoms with E-state index in [1.165, 1.54) is 38.5 Å². The molecule has 144 valence electrons. The summed E-state index contributed by atoms with van der Waals surface area (Å²) in [6, 6.07) is 28.0. The van der Waals surface area contributed by atoms with E-state index in [4.69, 9.17) is 0 Å². The normalized spacial score (nSPS) is 11.6. The highest BCUT2D eigenvalue weighted by Gasteiger charge is 2.20. The summed E-state index contributed by atoms with van der Waals surface area (Å²) in [5.41, 5.74) is 6.05. The summed E-state index contributed by atoms with van der Waals surface area (Å²) in [7, 11) is 0. The van der Waals surface area contributed by atoms with Crippen molar-refractivity contribution in [3.05, 3.63) is 103 Å². The quantitative estimate of drug-likeness (QED) is 0.384. The van der Waals surface area contributed by atoms with E-state index in [-0.39, 0.29) is 0 Å². The molecule has 4 heteroatoms. The molecule has 6 rings (SSSR count). The zero-order valence-corrected chi connectivity index (χ0v) is 16.4. The number of aryl methyl sites for hydroxylation is 2. The van der Waals surface area contributed by atoms with Gasteiger partial charge in [0, 0.05) is 40.8 Å². The van der Waals surface area contributed by atoms with Gasteiger partial charge in [-0.1, -0.05) is 54.6 Å². The molecule has 0 N–H and O–H groups in total. The number of nitrogens with zero attached hydrogens (tertiary/aromatic N) is 4. The van der Waals surface area contributed by atoms with Crippen molar-refractivity contribution in [3.63, 3.8) is 0 Å². The third-order valence-corrected chi connectivity index (χ3v) is 5.82. The van der Waals surface area contributed by atoms with Crippen LogP contribution in [0.3, 0.4) is 0 Å². The van der Waals surface area contributed by atoms with Crippen LogP contribution in [0.2, 0.25) is 0 Å². The second kappa shape index (κ2) is 6.85. The van der Waals surface area contributed by atoms with Gasteiger partial charge in [0.2, 0.25) is 0 Å². The number of rotatable bonds is 4. The zero-order chi connectivity index (χ0) is 19.9. The highest BCUT2D eigenvalue weighted by molar-refractivity contribution is 6.21. The maximum absolute atomic E-state index is 4.18. The Labute approximate surface area is 174 Å². The van der Waals surface area contributed by atoms with Crippen LogP contribution in [0.15, 0.2) is 97.6 Å². The van der Waals surface area contributed by atoms with Gasteiger partial charge in [0.1, 0.15) is 12.0 Å². The Hall–Kier alpha value is -3.92. The summed E-state index contributed by atoms with van der Waals surface area (Å²) in [5, 5.41) is 3.89. The van der Waals surface area contributed by atoms with E-state index in [9.17, 15) is 0 Å². The van der Waals surface area contributed by atoms with Crippen molar-refractivity contribution in [1.29, 1.82) is 0 Å². The van der Waals surface area contributed by atoms with E-state index in [0.29, 0.717) is 0 Å². The first-order valence-electron chi connectivity index (χ1n) is 10.2. The van der Waals surface area contributed by atoms with Gasteiger partial charge in [-0.05, 0) is 36.2 Å². The predicted molar refractivity (Wildman–Crippen MR) is 122 cm³/mol. The molecule has 0 amide bonds. The van der Waals surface area contributed by atoms with Crippen molar-refractivity contribution in [2.45, 2.75) is 13.0 Å². The molecule has 30 heavy (non-hydrogen) atoms. The minimum atomic E-state index is 0.862. The molecule has 0 aliphatic carbocycles. The van der Waals surface area contributed by atoms with Crippen molar-refractivity contribution in [1.82, 2.24) is 19.1 Å². The van der Waals surface area contributed by atoms with Gasteiger partial charge in [0.25, 0.3) is 0 Å². The maximum Gasteiger partial charge on any atom is 0.126 e. The van der Waals surface area contributed by atoms with Gasteiger partial charge < -0.3 is 4.57 Å². The van der Waals surface area contributed by atoms with Crippen LogP contribution in [0.4, 0.5) is 0 Å². The lowest BCUT2D eigenvalue weighted by Gasteiger charge is -2.12. The lowest BCUT2D eigenvalue weighted by molar-refractivity contribution is 0.728. The van der Waals surface area contributed by atoms with E-state index in [0.717, 1.165) is 18.5 Å². The van der Waals surface area contributed by atoms with Gasteiger partial charge in [0.05, 0.1) is 11.0 Å². The Kier molecular flexibility index (Phi) is 3.88. The molecular formula is C26H20N4. The fourth-order valence-electron chi connectivity index (χ4n) is 4.55. The molecule has 3 heterocycles. The Morgan fingerprint density at radius 3 is 2.07 bits per heavy atom. The summed E-state index contributed by atoms with van der Waals surface area (Å²) in [6.45, 7) is 0.862. The van der Waals surface area contributed by atoms with Crippen molar-refractivity contribution in [2.75, 3.05) is 0 Å². The molecule has 6 aromatic rings. The average Bonchev–Trinajstić information content (AvgIpc) is 3.32. The Morgan fingerprint density at radius 1 is 0.667 bits per heavy atom. The largest absolute Gasteiger partial charge is 0.326 e. The molecule has 0 unspecified atom stereocenters. The van der Waals surface area contributed by atoms with Gasteiger partial charge in [-0.3, -0.25) is 4.57 Å². The third-order valence-electron chi connectivity index (χ3n) is 5.82. The summed E-state index contributed by atoms with van der Waals surface area (Å²) in [5.74, 6) is 0. The lowest BCUT2D eigenvalue weighted by atomic mass is 10.1. The highest BCUT2D eigenvalue weighted by Crippen LogP contribution is 2.39. The van der Waals surface area contributed by atoms with Gasteiger partial charge in [-0.25, -0.2) is 9.97 Å². The first kappa shape index (κ1) is 17.0. The minimum Gasteiger partial charge on any atom is -0.326 e. The molecule has 0 aliphatic heterocycles. The van der Waals surface area contributed by atoms with Crippen LogP contribution in [0.25, 0.3) is 38.5 Å². The fraction of sp³-hybridized carbons (Fsp3) is 0.0769. The molecule has 3 aromatic heterocycles. The number of benzene rings is 3. The van der Waals surface area contributed by atoms with Crippen molar-refractivity contribution >= 4 is 32.8 Å². The second-order valence-corrected chi connectivity index (χ2v) is 7.55. The molecule has 0 radical (unpaired) electrons. The van der Waals surface area contributed by atoms with E-state index in [1.807, 2.05) is 12.4 Å². The van der Waals surface area contributed by atoms with Crippen molar-refractivity contribution < 1.29 is 0 Å². The number of fused-ring (bicyclic) bond motifs is 5. The van der Waals surface area contributed by atoms with Crippen LogP contribution in [-0.2, 0) is 13.0 Å². The fourth-order valence-corrected chi connectivity index (χ4v) is 4.55. The molecule has 3 aromatic carbocycles. The zero-order valence-electron chi connectivity index (χ0n) is 16.4. The Bertz CT molecular complexity index is 1480. The molecule has 0 fully saturated rings. The lowest BCUT2D eigenvalue weighted by Crippen LogP contribution is -2.06. The summed E-state index contributed by atoms with van der Waals surface area (Å²) >= 11 is 0. The number of aromatic nitrogens is 4. The van der Waals surface area contributed by atoms with Crippen LogP contribution in [0, 0.1) is 0 Å². The third kappa shape index (κ3) is 2.54. The van der Waals surface area contributed by atoms with Gasteiger partial charge >= 0.3 is 0 Å². The topological polar surface area (TPSA) is 35.6 Å². The molecule has 4 nitrogen and oxygen atoms in total. The molecule has 0 bridgehead atoms. The number of hydrogen-bond acceptors (Lipinski definition) is 2. The Morgan fingerprint density at radius 2 is 1.30 bits per heavy atom. The molecular weight excluding hydrogens is 368 g/mol. The second-order valence-electron chi connectivity index (χ2n) is 7.55. The van der Waals surface area contributed by atoms with E-state index in [2.05, 4.69) is 98.0 Å². The first-order chi connectivity index (χ1) is 14.9. The van der Waals surface area contributed by atoms with E-state index < -0.39 is 0 Å². The smallest absolute Gasteiger partial charge is 0.126 e. The van der Waals surface area contributed by atoms with Crippen molar-refractivity contribution in [3.8, 4) is 5.69 Å². The van der Waals surface area contributed by atoms with Crippen LogP contribution in [-0.4, -0.2) is 19.1 Å². The summed E-state index contributed by atoms with van der Waals surface area (Å²) in [4.78, 5) is 8.37. The molecule has 0 atom stereocenters. The van der Waals surface area contributed by atoms with Crippen molar-refractivity contribution in [2.24, 2.45) is 0 Å². The average molecular weight is 388 g/mol. The van der Waals surface area contributed by atoms with Gasteiger partial charge in [-0.2, -0.15) is 0 Å². The highest BCUT2D eigenvalue weighted by atomic mass is 15.1. The van der Waals surface area contributed by atoms with Crippen LogP contribution in [0.1, 0.15) is 5.56 Å². The number of para-hydroxylation sites is 3. The van der Waals surface area contributed by atoms with Crippen LogP contribution in [0.5, 0.6) is 0 Å². The predicted octanol–water partition coefficient (Wildman–Crippen LogP) is 5.77. The molecule has 0 aliphatic rings. The van der Waals surface area contributed by atoms with E-state index >= 15 is 0 Å². The standard InChI is InChI=1S/C26H20N4/c1-2-8-20(9-3-1)30-24-13-7-5-11-22(24)25-21-10-4-6-12-23(21)29(26(25)30)15-14-19-16-27-18-28-17-19/h1-13,16-18H,14-15H2. The minimum absolute atomic E-state index is 0.862. The van der Waals surface area contributed by atoms with Gasteiger partial charge in [-0.15, -0.1) is 0 Å². The van der Waals surface area contributed by atoms with Gasteiger partial charge in [0.15, 0.2) is 0 Å². The monoisotopic (exact) mass is 388 g/mol. The molecule has 0 spiro atoms. The summed E-state index contributed by atoms with van der Waals surface area (Å²) < 4.78 is 4.84. The van der Waals surface area contributed by atoms with E-state index in [1.54, 1.807) is 6.33 Å². The maximum atomic E-state index is 4.18. The molecule has 0 saturated heterocycles.